The maximum atomic E-state index is 13.5. The van der Waals surface area contributed by atoms with E-state index in [-0.39, 0.29) is 41.4 Å². The Bertz CT molecular complexity index is 2070. The van der Waals surface area contributed by atoms with Crippen LogP contribution in [-0.2, 0) is 4.79 Å². The van der Waals surface area contributed by atoms with Crippen molar-refractivity contribution in [2.24, 2.45) is 17.8 Å². The number of piperazine rings is 2. The second kappa shape index (κ2) is 22.9. The Labute approximate surface area is 386 Å². The zero-order chi connectivity index (χ0) is 47.6. The number of carbonyl (C=O) groups is 1. The minimum atomic E-state index is -4.73. The van der Waals surface area contributed by atoms with Gasteiger partial charge in [-0.05, 0) is 97.0 Å². The number of rotatable bonds is 13. The van der Waals surface area contributed by atoms with Crippen LogP contribution in [0.15, 0.2) is 109 Å². The third kappa shape index (κ3) is 14.4. The highest BCUT2D eigenvalue weighted by molar-refractivity contribution is 6.45. The van der Waals surface area contributed by atoms with E-state index in [0.29, 0.717) is 43.9 Å². The van der Waals surface area contributed by atoms with Crippen molar-refractivity contribution in [1.82, 2.24) is 24.8 Å². The molecule has 3 heterocycles. The molecule has 3 saturated heterocycles. The Morgan fingerprint density at radius 2 is 1.11 bits per heavy atom. The molecule has 3 aliphatic rings. The van der Waals surface area contributed by atoms with Crippen LogP contribution >= 0.6 is 0 Å². The molecule has 3 aliphatic heterocycles. The van der Waals surface area contributed by atoms with Crippen molar-refractivity contribution in [3.8, 4) is 11.5 Å². The lowest BCUT2D eigenvalue weighted by atomic mass is 9.80. The molecule has 2 N–H and O–H groups in total. The quantitative estimate of drug-likeness (QED) is 0.102. The molecule has 7 rings (SSSR count). The Kier molecular flexibility index (Phi) is 17.6. The molecule has 9 nitrogen and oxygen atoms in total. The normalized spacial score (nSPS) is 20.4. The third-order valence-corrected chi connectivity index (χ3v) is 13.0. The summed E-state index contributed by atoms with van der Waals surface area (Å²) in [7, 11) is -0.453. The summed E-state index contributed by atoms with van der Waals surface area (Å²) in [6, 6.07) is 32.6. The van der Waals surface area contributed by atoms with E-state index < -0.39 is 19.8 Å². The molecule has 0 saturated carbocycles. The van der Waals surface area contributed by atoms with Gasteiger partial charge in [-0.3, -0.25) is 14.6 Å². The van der Waals surface area contributed by atoms with Crippen molar-refractivity contribution in [3.63, 3.8) is 0 Å². The van der Waals surface area contributed by atoms with Gasteiger partial charge >= 0.3 is 19.8 Å². The van der Waals surface area contributed by atoms with E-state index in [2.05, 4.69) is 64.4 Å². The summed E-state index contributed by atoms with van der Waals surface area (Å²) in [4.78, 5) is 22.3. The maximum Gasteiger partial charge on any atom is 0.573 e. The lowest BCUT2D eigenvalue weighted by molar-refractivity contribution is -0.275. The van der Waals surface area contributed by atoms with Crippen LogP contribution in [0.25, 0.3) is 0 Å². The monoisotopic (exact) mass is 923 g/mol. The fourth-order valence-corrected chi connectivity index (χ4v) is 9.53. The third-order valence-electron chi connectivity index (χ3n) is 13.0. The molecule has 4 aromatic carbocycles. The molecule has 0 spiro atoms. The summed E-state index contributed by atoms with van der Waals surface area (Å²) in [5.74, 6) is 0.826. The molecule has 358 valence electrons. The van der Waals surface area contributed by atoms with Crippen LogP contribution in [0.1, 0.15) is 81.3 Å². The molecule has 16 heteroatoms. The van der Waals surface area contributed by atoms with E-state index in [1.165, 1.54) is 24.3 Å². The summed E-state index contributed by atoms with van der Waals surface area (Å²) in [5.41, 5.74) is 4.02. The van der Waals surface area contributed by atoms with E-state index >= 15 is 0 Å². The highest BCUT2D eigenvalue weighted by Gasteiger charge is 2.38. The molecule has 1 amide bonds. The summed E-state index contributed by atoms with van der Waals surface area (Å²) in [6.45, 7) is 16.7. The van der Waals surface area contributed by atoms with Crippen LogP contribution in [0, 0.1) is 17.8 Å². The number of amides is 1. The summed E-state index contributed by atoms with van der Waals surface area (Å²) >= 11 is 0. The second-order valence-corrected chi connectivity index (χ2v) is 18.4. The molecular formula is C50H64BF6N5O4. The van der Waals surface area contributed by atoms with Crippen LogP contribution < -0.4 is 14.8 Å². The molecule has 66 heavy (non-hydrogen) atoms. The molecular weight excluding hydrogens is 859 g/mol. The number of piperidine rings is 1. The Morgan fingerprint density at radius 1 is 0.652 bits per heavy atom. The predicted molar refractivity (Wildman–Crippen MR) is 246 cm³/mol. The van der Waals surface area contributed by atoms with Gasteiger partial charge in [0.25, 0.3) is 0 Å². The minimum absolute atomic E-state index is 0.00510. The predicted octanol–water partition coefficient (Wildman–Crippen LogP) is 9.66. The van der Waals surface area contributed by atoms with E-state index in [0.717, 1.165) is 67.8 Å². The van der Waals surface area contributed by atoms with Gasteiger partial charge in [0.05, 0.1) is 12.1 Å². The molecule has 0 bridgehead atoms. The van der Waals surface area contributed by atoms with Crippen molar-refractivity contribution in [2.45, 2.75) is 90.7 Å². The molecule has 4 atom stereocenters. The van der Waals surface area contributed by atoms with Crippen LogP contribution in [-0.4, -0.2) is 115 Å². The average molecular weight is 924 g/mol. The van der Waals surface area contributed by atoms with Gasteiger partial charge in [-0.25, -0.2) is 0 Å². The Balaban J connectivity index is 0.000000233. The van der Waals surface area contributed by atoms with Crippen molar-refractivity contribution >= 4 is 13.0 Å². The first-order valence-electron chi connectivity index (χ1n) is 23.1. The van der Waals surface area contributed by atoms with Gasteiger partial charge < -0.3 is 29.5 Å². The fourth-order valence-electron chi connectivity index (χ4n) is 9.53. The highest BCUT2D eigenvalue weighted by atomic mass is 19.4. The number of benzene rings is 4. The highest BCUT2D eigenvalue weighted by Crippen LogP contribution is 2.36. The van der Waals surface area contributed by atoms with Gasteiger partial charge in [-0.1, -0.05) is 113 Å². The van der Waals surface area contributed by atoms with Crippen molar-refractivity contribution in [2.75, 3.05) is 52.4 Å². The number of ether oxygens (including phenoxy) is 2. The average Bonchev–Trinajstić information content (AvgIpc) is 3.28. The van der Waals surface area contributed by atoms with Gasteiger partial charge in [-0.2, -0.15) is 0 Å². The van der Waals surface area contributed by atoms with Gasteiger partial charge in [-0.15, -0.1) is 26.3 Å². The maximum absolute atomic E-state index is 13.5. The fraction of sp³-hybridized carbons (Fsp3) is 0.500. The van der Waals surface area contributed by atoms with Crippen LogP contribution in [0.5, 0.6) is 11.5 Å². The van der Waals surface area contributed by atoms with Gasteiger partial charge in [0.15, 0.2) is 0 Å². The molecule has 2 unspecified atom stereocenters. The SMILES string of the molecule is CB(O)N1CCC(CC(=O)N2CCN(C(c3ccccc3)c3ccc(OC(F)(F)F)cc3)C[C@@H]2C(C)C)CC1.CC(C)[C@H]1CN(C(c2ccccc2)c2ccc(OC(F)(F)F)cc2)CCN1. The largest absolute Gasteiger partial charge is 0.573 e. The topological polar surface area (TPSA) is 80.8 Å². The van der Waals surface area contributed by atoms with Crippen molar-refractivity contribution < 1.29 is 45.6 Å². The number of carbonyl (C=O) groups excluding carboxylic acids is 1. The van der Waals surface area contributed by atoms with Crippen LogP contribution in [0.3, 0.4) is 0 Å². The van der Waals surface area contributed by atoms with E-state index in [9.17, 15) is 36.2 Å². The lowest BCUT2D eigenvalue weighted by Crippen LogP contribution is -2.58. The summed E-state index contributed by atoms with van der Waals surface area (Å²) < 4.78 is 83.5. The van der Waals surface area contributed by atoms with Crippen molar-refractivity contribution in [1.29, 1.82) is 0 Å². The number of nitrogens with one attached hydrogen (secondary N) is 1. The van der Waals surface area contributed by atoms with Gasteiger partial charge in [0.2, 0.25) is 5.91 Å². The van der Waals surface area contributed by atoms with Crippen molar-refractivity contribution in [3.05, 3.63) is 131 Å². The van der Waals surface area contributed by atoms with E-state index in [1.54, 1.807) is 31.1 Å². The Morgan fingerprint density at radius 3 is 1.53 bits per heavy atom. The first kappa shape index (κ1) is 50.8. The standard InChI is InChI=1S/C29H39BF3N3O3.C21H25F3N2O/c1-21(2)26-20-34(17-18-36(26)27(37)19-22-13-15-35(16-14-22)30(3)38)28(23-7-5-4-6-8-23)24-9-11-25(12-10-24)39-29(31,32)33;1-15(2)19-14-26(13-12-25-19)20(16-6-4-3-5-7-16)17-8-10-18(11-9-17)27-21(22,23)24/h4-12,21-22,26,28,38H,13-20H2,1-3H3;3-11,15,19-20,25H,12-14H2,1-2H3/t26-,28?;19-,20?/m11/s1. The van der Waals surface area contributed by atoms with Gasteiger partial charge in [0.1, 0.15) is 11.5 Å². The van der Waals surface area contributed by atoms with E-state index in [1.807, 2.05) is 58.2 Å². The lowest BCUT2D eigenvalue weighted by Gasteiger charge is -2.47. The van der Waals surface area contributed by atoms with E-state index in [4.69, 9.17) is 0 Å². The Hall–Kier alpha value is -4.61. The number of alkyl halides is 6. The van der Waals surface area contributed by atoms with Crippen LogP contribution in [0.4, 0.5) is 26.3 Å². The zero-order valence-electron chi connectivity index (χ0n) is 38.5. The molecule has 0 radical (unpaired) electrons. The minimum Gasteiger partial charge on any atom is -0.437 e. The number of halogens is 6. The first-order chi connectivity index (χ1) is 31.3. The second-order valence-electron chi connectivity index (χ2n) is 18.4. The molecule has 3 fully saturated rings. The molecule has 0 aliphatic carbocycles. The number of hydrogen-bond donors (Lipinski definition) is 2. The summed E-state index contributed by atoms with van der Waals surface area (Å²) in [5, 5.41) is 13.4. The number of hydrogen-bond acceptors (Lipinski definition) is 8. The van der Waals surface area contributed by atoms with Gasteiger partial charge in [0, 0.05) is 57.8 Å². The number of nitrogens with zero attached hydrogens (tertiary/aromatic N) is 4. The molecule has 4 aromatic rings. The molecule has 0 aromatic heterocycles. The smallest absolute Gasteiger partial charge is 0.437 e. The zero-order valence-corrected chi connectivity index (χ0v) is 38.5. The summed E-state index contributed by atoms with van der Waals surface area (Å²) in [6.07, 6.45) is -7.06. The first-order valence-corrected chi connectivity index (χ1v) is 23.1. The van der Waals surface area contributed by atoms with Crippen LogP contribution in [0.2, 0.25) is 6.82 Å².